The molecule has 1 rings (SSSR count). The number of nitrogens with zero attached hydrogens (tertiary/aromatic N) is 1. The summed E-state index contributed by atoms with van der Waals surface area (Å²) >= 11 is 0. The summed E-state index contributed by atoms with van der Waals surface area (Å²) in [5, 5.41) is 0. The Kier molecular flexibility index (Phi) is 4.66. The van der Waals surface area contributed by atoms with E-state index in [1.54, 1.807) is 6.92 Å². The van der Waals surface area contributed by atoms with E-state index in [9.17, 15) is 18.0 Å². The summed E-state index contributed by atoms with van der Waals surface area (Å²) in [6.07, 6.45) is 1.28. The Morgan fingerprint density at radius 1 is 1.39 bits per heavy atom. The van der Waals surface area contributed by atoms with Gasteiger partial charge in [0.25, 0.3) is 5.56 Å². The summed E-state index contributed by atoms with van der Waals surface area (Å²) in [6, 6.07) is 2.32. The van der Waals surface area contributed by atoms with Gasteiger partial charge in [0.1, 0.15) is 6.54 Å². The van der Waals surface area contributed by atoms with E-state index in [1.165, 1.54) is 19.2 Å². The topological polar surface area (TPSA) is 82.4 Å². The van der Waals surface area contributed by atoms with Crippen molar-refractivity contribution in [1.29, 1.82) is 0 Å². The van der Waals surface area contributed by atoms with Crippen molar-refractivity contribution in [3.8, 4) is 0 Å². The average Bonchev–Trinajstić information content (AvgIpc) is 2.32. The maximum Gasteiger partial charge on any atom is 0.326 e. The van der Waals surface area contributed by atoms with E-state index in [2.05, 4.69) is 0 Å². The molecule has 0 atom stereocenters. The molecule has 18 heavy (non-hydrogen) atoms. The fourth-order valence-corrected chi connectivity index (χ4v) is 2.21. The minimum absolute atomic E-state index is 0.0323. The number of hydrogen-bond donors (Lipinski definition) is 0. The van der Waals surface area contributed by atoms with Gasteiger partial charge in [-0.2, -0.15) is 0 Å². The molecule has 0 bridgehead atoms. The summed E-state index contributed by atoms with van der Waals surface area (Å²) in [4.78, 5) is 22.8. The van der Waals surface area contributed by atoms with Gasteiger partial charge < -0.3 is 9.30 Å². The molecule has 0 aliphatic heterocycles. The summed E-state index contributed by atoms with van der Waals surface area (Å²) in [5.74, 6) is -0.611. The molecule has 0 saturated heterocycles. The van der Waals surface area contributed by atoms with Crippen LogP contribution < -0.4 is 5.56 Å². The summed E-state index contributed by atoms with van der Waals surface area (Å²) < 4.78 is 28.9. The Hall–Kier alpha value is -1.63. The molecule has 0 radical (unpaired) electrons. The summed E-state index contributed by atoms with van der Waals surface area (Å²) in [6.45, 7) is 3.17. The Morgan fingerprint density at radius 2 is 2.06 bits per heavy atom. The first-order chi connectivity index (χ1) is 8.40. The number of esters is 1. The highest BCUT2D eigenvalue weighted by molar-refractivity contribution is 7.91. The normalized spacial score (nSPS) is 11.2. The van der Waals surface area contributed by atoms with Gasteiger partial charge in [-0.15, -0.1) is 0 Å². The molecule has 1 heterocycles. The SMILES string of the molecule is CCOC(=O)Cn1ccc(S(=O)(=O)CC)cc1=O. The Labute approximate surface area is 105 Å². The van der Waals surface area contributed by atoms with Gasteiger partial charge in [0.05, 0.1) is 17.3 Å². The van der Waals surface area contributed by atoms with Gasteiger partial charge in [0, 0.05) is 12.3 Å². The molecule has 0 N–H and O–H groups in total. The van der Waals surface area contributed by atoms with Crippen molar-refractivity contribution in [3.05, 3.63) is 28.7 Å². The lowest BCUT2D eigenvalue weighted by molar-refractivity contribution is -0.143. The third-order valence-corrected chi connectivity index (χ3v) is 4.04. The molecule has 100 valence electrons. The largest absolute Gasteiger partial charge is 0.465 e. The van der Waals surface area contributed by atoms with Crippen molar-refractivity contribution in [2.75, 3.05) is 12.4 Å². The quantitative estimate of drug-likeness (QED) is 0.716. The van der Waals surface area contributed by atoms with Crippen LogP contribution in [0.3, 0.4) is 0 Å². The number of hydrogen-bond acceptors (Lipinski definition) is 5. The molecule has 0 aliphatic carbocycles. The third-order valence-electron chi connectivity index (χ3n) is 2.31. The van der Waals surface area contributed by atoms with E-state index in [4.69, 9.17) is 4.74 Å². The maximum atomic E-state index is 11.6. The molecule has 0 spiro atoms. The zero-order chi connectivity index (χ0) is 13.8. The van der Waals surface area contributed by atoms with Crippen molar-refractivity contribution < 1.29 is 17.9 Å². The first kappa shape index (κ1) is 14.4. The molecule has 0 fully saturated rings. The molecule has 0 unspecified atom stereocenters. The number of sulfone groups is 1. The second kappa shape index (κ2) is 5.81. The van der Waals surface area contributed by atoms with Gasteiger partial charge in [0.2, 0.25) is 0 Å². The molecule has 1 aromatic rings. The van der Waals surface area contributed by atoms with Gasteiger partial charge in [-0.25, -0.2) is 8.42 Å². The van der Waals surface area contributed by atoms with Crippen LogP contribution in [-0.2, 0) is 25.9 Å². The van der Waals surface area contributed by atoms with Crippen LogP contribution in [0, 0.1) is 0 Å². The Morgan fingerprint density at radius 3 is 2.56 bits per heavy atom. The van der Waals surface area contributed by atoms with Gasteiger partial charge in [-0.05, 0) is 13.0 Å². The lowest BCUT2D eigenvalue weighted by Gasteiger charge is -2.06. The van der Waals surface area contributed by atoms with Crippen LogP contribution in [0.25, 0.3) is 0 Å². The minimum Gasteiger partial charge on any atom is -0.465 e. The molecule has 0 aliphatic rings. The molecule has 0 aromatic carbocycles. The fourth-order valence-electron chi connectivity index (χ4n) is 1.33. The van der Waals surface area contributed by atoms with Crippen LogP contribution >= 0.6 is 0 Å². The number of rotatable bonds is 5. The van der Waals surface area contributed by atoms with Gasteiger partial charge >= 0.3 is 5.97 Å². The lowest BCUT2D eigenvalue weighted by atomic mass is 10.4. The predicted octanol–water partition coefficient (Wildman–Crippen LogP) is 0.205. The van der Waals surface area contributed by atoms with Crippen LogP contribution in [0.1, 0.15) is 13.8 Å². The van der Waals surface area contributed by atoms with Crippen molar-refractivity contribution in [2.24, 2.45) is 0 Å². The fraction of sp³-hybridized carbons (Fsp3) is 0.455. The van der Waals surface area contributed by atoms with Gasteiger partial charge in [-0.3, -0.25) is 9.59 Å². The standard InChI is InChI=1S/C11H15NO5S/c1-3-17-11(14)8-12-6-5-9(7-10(12)13)18(15,16)4-2/h5-7H,3-4,8H2,1-2H3. The third kappa shape index (κ3) is 3.43. The smallest absolute Gasteiger partial charge is 0.326 e. The molecule has 1 aromatic heterocycles. The van der Waals surface area contributed by atoms with E-state index < -0.39 is 21.4 Å². The minimum atomic E-state index is -3.41. The van der Waals surface area contributed by atoms with E-state index in [-0.39, 0.29) is 23.8 Å². The highest BCUT2D eigenvalue weighted by Gasteiger charge is 2.13. The molecular weight excluding hydrogens is 258 g/mol. The Bertz CT molecular complexity index is 588. The zero-order valence-corrected chi connectivity index (χ0v) is 11.1. The average molecular weight is 273 g/mol. The number of carbonyl (C=O) groups is 1. The highest BCUT2D eigenvalue weighted by Crippen LogP contribution is 2.07. The molecule has 0 saturated carbocycles. The van der Waals surface area contributed by atoms with E-state index >= 15 is 0 Å². The van der Waals surface area contributed by atoms with Crippen LogP contribution in [0.5, 0.6) is 0 Å². The second-order valence-corrected chi connectivity index (χ2v) is 5.82. The first-order valence-electron chi connectivity index (χ1n) is 5.49. The maximum absolute atomic E-state index is 11.6. The number of aromatic nitrogens is 1. The molecule has 6 nitrogen and oxygen atoms in total. The van der Waals surface area contributed by atoms with Crippen LogP contribution in [0.15, 0.2) is 28.0 Å². The van der Waals surface area contributed by atoms with E-state index in [0.717, 1.165) is 10.6 Å². The summed E-state index contributed by atoms with van der Waals surface area (Å²) in [7, 11) is -3.41. The van der Waals surface area contributed by atoms with Crippen molar-refractivity contribution in [1.82, 2.24) is 4.57 Å². The summed E-state index contributed by atoms with van der Waals surface area (Å²) in [5.41, 5.74) is -0.544. The van der Waals surface area contributed by atoms with Gasteiger partial charge in [0.15, 0.2) is 9.84 Å². The van der Waals surface area contributed by atoms with Crippen LogP contribution in [0.2, 0.25) is 0 Å². The molecule has 7 heteroatoms. The predicted molar refractivity (Wildman–Crippen MR) is 65.1 cm³/mol. The second-order valence-electron chi connectivity index (χ2n) is 3.54. The van der Waals surface area contributed by atoms with Crippen molar-refractivity contribution >= 4 is 15.8 Å². The monoisotopic (exact) mass is 273 g/mol. The Balaban J connectivity index is 3.01. The highest BCUT2D eigenvalue weighted by atomic mass is 32.2. The van der Waals surface area contributed by atoms with Gasteiger partial charge in [-0.1, -0.05) is 6.92 Å². The number of pyridine rings is 1. The van der Waals surface area contributed by atoms with Crippen molar-refractivity contribution in [3.63, 3.8) is 0 Å². The lowest BCUT2D eigenvalue weighted by Crippen LogP contribution is -2.25. The van der Waals surface area contributed by atoms with Crippen molar-refractivity contribution in [2.45, 2.75) is 25.3 Å². The van der Waals surface area contributed by atoms with E-state index in [1.807, 2.05) is 0 Å². The first-order valence-corrected chi connectivity index (χ1v) is 7.14. The molecule has 0 amide bonds. The van der Waals surface area contributed by atoms with Crippen LogP contribution in [-0.4, -0.2) is 31.3 Å². The van der Waals surface area contributed by atoms with Crippen LogP contribution in [0.4, 0.5) is 0 Å². The van der Waals surface area contributed by atoms with E-state index in [0.29, 0.717) is 0 Å². The number of ether oxygens (including phenoxy) is 1. The zero-order valence-electron chi connectivity index (χ0n) is 10.3. The molecular formula is C11H15NO5S. The number of carbonyl (C=O) groups excluding carboxylic acids is 1.